The number of benzene rings is 1. The van der Waals surface area contributed by atoms with Gasteiger partial charge in [0.2, 0.25) is 5.88 Å². The Morgan fingerprint density at radius 3 is 2.64 bits per heavy atom. The van der Waals surface area contributed by atoms with Crippen LogP contribution in [0.15, 0.2) is 24.5 Å². The summed E-state index contributed by atoms with van der Waals surface area (Å²) < 4.78 is 26.2. The Bertz CT molecular complexity index is 1080. The highest BCUT2D eigenvalue weighted by molar-refractivity contribution is 5.88. The number of halogens is 1. The Morgan fingerprint density at radius 1 is 1.27 bits per heavy atom. The van der Waals surface area contributed by atoms with E-state index in [2.05, 4.69) is 15.3 Å². The third-order valence-corrected chi connectivity index (χ3v) is 6.84. The van der Waals surface area contributed by atoms with Gasteiger partial charge in [-0.2, -0.15) is 0 Å². The van der Waals surface area contributed by atoms with Crippen molar-refractivity contribution in [1.29, 1.82) is 5.41 Å². The van der Waals surface area contributed by atoms with Gasteiger partial charge in [0, 0.05) is 31.1 Å². The Balaban J connectivity index is 1.29. The second kappa shape index (κ2) is 8.28. The van der Waals surface area contributed by atoms with Crippen LogP contribution in [0.5, 0.6) is 5.88 Å². The van der Waals surface area contributed by atoms with E-state index >= 15 is 0 Å². The summed E-state index contributed by atoms with van der Waals surface area (Å²) in [6, 6.07) is 5.02. The molecule has 3 aliphatic rings. The Kier molecular flexibility index (Phi) is 5.42. The first-order valence-corrected chi connectivity index (χ1v) is 11.4. The second-order valence-corrected chi connectivity index (χ2v) is 9.52. The number of rotatable bonds is 6. The predicted octanol–water partition coefficient (Wildman–Crippen LogP) is 4.73. The molecule has 2 bridgehead atoms. The molecular formula is C24H28FN5O3. The van der Waals surface area contributed by atoms with Gasteiger partial charge < -0.3 is 25.1 Å². The van der Waals surface area contributed by atoms with Crippen LogP contribution in [0.4, 0.5) is 20.7 Å². The van der Waals surface area contributed by atoms with Crippen LogP contribution in [0.1, 0.15) is 56.6 Å². The summed E-state index contributed by atoms with van der Waals surface area (Å²) >= 11 is 0. The fraction of sp³-hybridized carbons (Fsp3) is 0.500. The van der Waals surface area contributed by atoms with Gasteiger partial charge in [-0.1, -0.05) is 6.07 Å². The summed E-state index contributed by atoms with van der Waals surface area (Å²) in [7, 11) is 0. The highest BCUT2D eigenvalue weighted by Gasteiger charge is 2.49. The van der Waals surface area contributed by atoms with Crippen LogP contribution < -0.4 is 10.1 Å². The van der Waals surface area contributed by atoms with E-state index in [-0.39, 0.29) is 41.4 Å². The van der Waals surface area contributed by atoms with E-state index in [0.29, 0.717) is 24.2 Å². The molecule has 174 valence electrons. The van der Waals surface area contributed by atoms with Crippen molar-refractivity contribution in [3.05, 3.63) is 41.5 Å². The molecule has 3 heterocycles. The van der Waals surface area contributed by atoms with Gasteiger partial charge in [-0.05, 0) is 57.2 Å². The molecule has 8 nitrogen and oxygen atoms in total. The molecule has 2 N–H and O–H groups in total. The average molecular weight is 454 g/mol. The van der Waals surface area contributed by atoms with Crippen molar-refractivity contribution in [3.63, 3.8) is 0 Å². The number of hydrogen-bond donors (Lipinski definition) is 2. The molecule has 2 atom stereocenters. The fourth-order valence-electron chi connectivity index (χ4n) is 4.77. The minimum Gasteiger partial charge on any atom is -0.474 e. The zero-order valence-electron chi connectivity index (χ0n) is 18.8. The number of carbonyl (C=O) groups is 1. The Morgan fingerprint density at radius 2 is 2.00 bits per heavy atom. The normalized spacial score (nSPS) is 24.8. The zero-order chi connectivity index (χ0) is 23.2. The van der Waals surface area contributed by atoms with Crippen LogP contribution in [0.25, 0.3) is 0 Å². The maximum atomic E-state index is 14.3. The predicted molar refractivity (Wildman–Crippen MR) is 121 cm³/mol. The number of nitrogens with one attached hydrogen (secondary N) is 2. The van der Waals surface area contributed by atoms with Crippen molar-refractivity contribution >= 4 is 23.8 Å². The summed E-state index contributed by atoms with van der Waals surface area (Å²) in [5.74, 6) is 0.184. The topological polar surface area (TPSA) is 100 Å². The number of amides is 1. The Hall–Kier alpha value is -3.23. The largest absolute Gasteiger partial charge is 0.474 e. The summed E-state index contributed by atoms with van der Waals surface area (Å²) in [5, 5.41) is 10.8. The molecule has 0 radical (unpaired) electrons. The molecule has 2 saturated heterocycles. The van der Waals surface area contributed by atoms with Crippen molar-refractivity contribution < 1.29 is 18.7 Å². The number of nitrogens with zero attached hydrogens (tertiary/aromatic N) is 3. The average Bonchev–Trinajstić information content (AvgIpc) is 3.43. The molecule has 1 saturated carbocycles. The molecule has 1 aromatic heterocycles. The first-order valence-electron chi connectivity index (χ1n) is 11.4. The monoisotopic (exact) mass is 453 g/mol. The molecule has 1 aliphatic carbocycles. The van der Waals surface area contributed by atoms with Crippen molar-refractivity contribution in [2.45, 2.75) is 76.2 Å². The molecule has 2 unspecified atom stereocenters. The lowest BCUT2D eigenvalue weighted by Gasteiger charge is -2.38. The third-order valence-electron chi connectivity index (χ3n) is 6.84. The summed E-state index contributed by atoms with van der Waals surface area (Å²) in [6.07, 6.45) is 7.17. The van der Waals surface area contributed by atoms with Gasteiger partial charge in [-0.25, -0.2) is 19.2 Å². The molecular weight excluding hydrogens is 425 g/mol. The van der Waals surface area contributed by atoms with E-state index in [4.69, 9.17) is 14.9 Å². The van der Waals surface area contributed by atoms with Crippen LogP contribution in [0.2, 0.25) is 0 Å². The van der Waals surface area contributed by atoms with E-state index < -0.39 is 5.82 Å². The van der Waals surface area contributed by atoms with Crippen molar-refractivity contribution in [3.8, 4) is 5.88 Å². The molecule has 2 aromatic rings. The number of ether oxygens (including phenoxy) is 2. The van der Waals surface area contributed by atoms with Gasteiger partial charge in [-0.15, -0.1) is 0 Å². The minimum atomic E-state index is -0.400. The van der Waals surface area contributed by atoms with Crippen molar-refractivity contribution in [2.24, 2.45) is 0 Å². The number of aryl methyl sites for hydroxylation is 1. The highest BCUT2D eigenvalue weighted by Crippen LogP contribution is 2.43. The van der Waals surface area contributed by atoms with Crippen LogP contribution in [-0.2, 0) is 4.74 Å². The van der Waals surface area contributed by atoms with Crippen LogP contribution in [0, 0.1) is 18.2 Å². The van der Waals surface area contributed by atoms with Gasteiger partial charge in [0.1, 0.15) is 29.7 Å². The SMILES string of the molecule is Cc1ccc(Nc2ncnc(OC3CC4CCC(C3)N4C(=O)OC3(C)CC3)c2C=N)c(F)c1. The van der Waals surface area contributed by atoms with Gasteiger partial charge in [-0.3, -0.25) is 0 Å². The standard InChI is InChI=1S/C24H28FN5O3/c1-14-3-6-20(19(25)9-14)29-21-18(12-26)22(28-13-27-21)32-17-10-15-4-5-16(11-17)30(15)23(31)33-24(2)7-8-24/h3,6,9,12-13,15-17,26H,4-5,7-8,10-11H2,1-2H3,(H,27,28,29). The van der Waals surface area contributed by atoms with E-state index in [0.717, 1.165) is 37.5 Å². The molecule has 1 amide bonds. The number of hydrogen-bond acceptors (Lipinski definition) is 7. The highest BCUT2D eigenvalue weighted by atomic mass is 19.1. The number of aromatic nitrogens is 2. The number of carbonyl (C=O) groups excluding carboxylic acids is 1. The van der Waals surface area contributed by atoms with Gasteiger partial charge >= 0.3 is 6.09 Å². The number of fused-ring (bicyclic) bond motifs is 2. The minimum absolute atomic E-state index is 0.0770. The molecule has 2 aliphatic heterocycles. The van der Waals surface area contributed by atoms with Crippen LogP contribution >= 0.6 is 0 Å². The van der Waals surface area contributed by atoms with Gasteiger partial charge in [0.15, 0.2) is 0 Å². The van der Waals surface area contributed by atoms with Crippen LogP contribution in [-0.4, -0.2) is 51.0 Å². The van der Waals surface area contributed by atoms with Gasteiger partial charge in [0.25, 0.3) is 0 Å². The van der Waals surface area contributed by atoms with Crippen molar-refractivity contribution in [2.75, 3.05) is 5.32 Å². The molecule has 1 aromatic carbocycles. The lowest BCUT2D eigenvalue weighted by atomic mass is 10.0. The number of anilines is 2. The first kappa shape index (κ1) is 21.6. The Labute approximate surface area is 192 Å². The fourth-order valence-corrected chi connectivity index (χ4v) is 4.77. The summed E-state index contributed by atoms with van der Waals surface area (Å²) in [6.45, 7) is 3.79. The lowest BCUT2D eigenvalue weighted by Crippen LogP contribution is -2.50. The van der Waals surface area contributed by atoms with Gasteiger partial charge in [0.05, 0.1) is 11.3 Å². The molecule has 0 spiro atoms. The quantitative estimate of drug-likeness (QED) is 0.614. The van der Waals surface area contributed by atoms with E-state index in [1.807, 2.05) is 18.7 Å². The smallest absolute Gasteiger partial charge is 0.410 e. The second-order valence-electron chi connectivity index (χ2n) is 9.52. The first-order chi connectivity index (χ1) is 15.8. The molecule has 3 fully saturated rings. The van der Waals surface area contributed by atoms with E-state index in [9.17, 15) is 9.18 Å². The summed E-state index contributed by atoms with van der Waals surface area (Å²) in [4.78, 5) is 23.0. The molecule has 5 rings (SSSR count). The molecule has 9 heteroatoms. The molecule has 33 heavy (non-hydrogen) atoms. The van der Waals surface area contributed by atoms with E-state index in [1.54, 1.807) is 12.1 Å². The van der Waals surface area contributed by atoms with Crippen LogP contribution in [0.3, 0.4) is 0 Å². The lowest BCUT2D eigenvalue weighted by molar-refractivity contribution is 0.0116. The van der Waals surface area contributed by atoms with E-state index in [1.165, 1.54) is 12.4 Å². The number of piperidine rings is 1. The maximum absolute atomic E-state index is 14.3. The summed E-state index contributed by atoms with van der Waals surface area (Å²) in [5.41, 5.74) is 1.15. The third kappa shape index (κ3) is 4.36. The maximum Gasteiger partial charge on any atom is 0.410 e. The zero-order valence-corrected chi connectivity index (χ0v) is 18.8. The van der Waals surface area contributed by atoms with Crippen molar-refractivity contribution in [1.82, 2.24) is 14.9 Å².